The average molecular weight is 257 g/mol. The maximum absolute atomic E-state index is 9.79. The predicted molar refractivity (Wildman–Crippen MR) is 76.6 cm³/mol. The van der Waals surface area contributed by atoms with Crippen LogP contribution in [0.15, 0.2) is 18.5 Å². The second-order valence-electron chi connectivity index (χ2n) is 5.25. The van der Waals surface area contributed by atoms with E-state index < -0.39 is 0 Å². The van der Waals surface area contributed by atoms with Crippen molar-refractivity contribution in [1.29, 1.82) is 0 Å². The minimum Gasteiger partial charge on any atom is -0.508 e. The summed E-state index contributed by atoms with van der Waals surface area (Å²) in [4.78, 5) is 11.1. The molecular formula is C15H19N3O. The molecule has 1 aromatic carbocycles. The van der Waals surface area contributed by atoms with Crippen LogP contribution in [0.4, 0.5) is 5.82 Å². The van der Waals surface area contributed by atoms with Gasteiger partial charge in [-0.2, -0.15) is 0 Å². The Kier molecular flexibility index (Phi) is 3.23. The molecule has 1 fully saturated rings. The number of aromatic hydroxyl groups is 1. The van der Waals surface area contributed by atoms with Gasteiger partial charge in [0.15, 0.2) is 0 Å². The summed E-state index contributed by atoms with van der Waals surface area (Å²) in [6.07, 6.45) is 6.65. The molecule has 0 saturated carbocycles. The van der Waals surface area contributed by atoms with Crippen LogP contribution in [0.2, 0.25) is 0 Å². The summed E-state index contributed by atoms with van der Waals surface area (Å²) in [5, 5.41) is 10.8. The highest BCUT2D eigenvalue weighted by Gasteiger charge is 2.15. The summed E-state index contributed by atoms with van der Waals surface area (Å²) in [5.41, 5.74) is 1.69. The number of anilines is 1. The highest BCUT2D eigenvalue weighted by molar-refractivity contribution is 5.91. The Morgan fingerprint density at radius 1 is 1.05 bits per heavy atom. The van der Waals surface area contributed by atoms with E-state index in [0.717, 1.165) is 35.4 Å². The van der Waals surface area contributed by atoms with Crippen LogP contribution < -0.4 is 4.90 Å². The first-order valence-corrected chi connectivity index (χ1v) is 6.95. The van der Waals surface area contributed by atoms with E-state index in [9.17, 15) is 5.11 Å². The first kappa shape index (κ1) is 12.2. The summed E-state index contributed by atoms with van der Waals surface area (Å²) in [6.45, 7) is 4.03. The number of phenolic OH excluding ortho intramolecular Hbond substituents is 1. The Hall–Kier alpha value is -1.84. The fourth-order valence-electron chi connectivity index (χ4n) is 2.72. The first-order chi connectivity index (χ1) is 9.25. The second kappa shape index (κ2) is 5.03. The van der Waals surface area contributed by atoms with Crippen LogP contribution in [-0.4, -0.2) is 28.2 Å². The van der Waals surface area contributed by atoms with Crippen molar-refractivity contribution < 1.29 is 5.11 Å². The van der Waals surface area contributed by atoms with Gasteiger partial charge in [0.05, 0.1) is 5.52 Å². The lowest BCUT2D eigenvalue weighted by Crippen LogP contribution is -2.25. The van der Waals surface area contributed by atoms with Gasteiger partial charge in [-0.05, 0) is 31.4 Å². The van der Waals surface area contributed by atoms with Crippen molar-refractivity contribution in [3.05, 3.63) is 24.0 Å². The Labute approximate surface area is 113 Å². The molecule has 0 unspecified atom stereocenters. The Balaban J connectivity index is 2.09. The van der Waals surface area contributed by atoms with Crippen molar-refractivity contribution >= 4 is 16.7 Å². The van der Waals surface area contributed by atoms with E-state index in [-0.39, 0.29) is 0 Å². The van der Waals surface area contributed by atoms with E-state index in [0.29, 0.717) is 5.75 Å². The zero-order chi connectivity index (χ0) is 13.2. The van der Waals surface area contributed by atoms with Crippen LogP contribution in [0.25, 0.3) is 10.9 Å². The van der Waals surface area contributed by atoms with Crippen LogP contribution in [0.3, 0.4) is 0 Å². The Bertz CT molecular complexity index is 589. The van der Waals surface area contributed by atoms with Gasteiger partial charge in [0, 0.05) is 24.5 Å². The van der Waals surface area contributed by atoms with Crippen molar-refractivity contribution in [2.45, 2.75) is 32.6 Å². The molecule has 1 saturated heterocycles. The first-order valence-electron chi connectivity index (χ1n) is 6.95. The zero-order valence-electron chi connectivity index (χ0n) is 11.3. The summed E-state index contributed by atoms with van der Waals surface area (Å²) in [6, 6.07) is 3.72. The molecule has 0 atom stereocenters. The number of aryl methyl sites for hydroxylation is 1. The number of nitrogens with zero attached hydrogens (tertiary/aromatic N) is 3. The third kappa shape index (κ3) is 2.35. The number of phenols is 1. The molecule has 3 rings (SSSR count). The molecular weight excluding hydrogens is 238 g/mol. The smallest absolute Gasteiger partial charge is 0.139 e. The fraction of sp³-hybridized carbons (Fsp3) is 0.467. The van der Waals surface area contributed by atoms with Crippen molar-refractivity contribution in [3.8, 4) is 5.75 Å². The molecule has 19 heavy (non-hydrogen) atoms. The molecule has 4 heteroatoms. The van der Waals surface area contributed by atoms with Crippen molar-refractivity contribution in [1.82, 2.24) is 9.97 Å². The number of aromatic nitrogens is 2. The third-order valence-electron chi connectivity index (χ3n) is 3.84. The van der Waals surface area contributed by atoms with E-state index in [1.54, 1.807) is 12.4 Å². The third-order valence-corrected chi connectivity index (χ3v) is 3.84. The predicted octanol–water partition coefficient (Wildman–Crippen LogP) is 3.02. The van der Waals surface area contributed by atoms with Gasteiger partial charge >= 0.3 is 0 Å². The van der Waals surface area contributed by atoms with E-state index in [4.69, 9.17) is 0 Å². The lowest BCUT2D eigenvalue weighted by molar-refractivity contribution is 0.472. The summed E-state index contributed by atoms with van der Waals surface area (Å²) in [7, 11) is 0. The summed E-state index contributed by atoms with van der Waals surface area (Å²) >= 11 is 0. The monoisotopic (exact) mass is 257 g/mol. The zero-order valence-corrected chi connectivity index (χ0v) is 11.3. The van der Waals surface area contributed by atoms with Crippen LogP contribution in [0.5, 0.6) is 5.75 Å². The molecule has 2 aromatic rings. The van der Waals surface area contributed by atoms with Crippen LogP contribution in [0.1, 0.15) is 31.2 Å². The maximum atomic E-state index is 9.79. The molecule has 0 bridgehead atoms. The highest BCUT2D eigenvalue weighted by atomic mass is 16.3. The highest BCUT2D eigenvalue weighted by Crippen LogP contribution is 2.29. The van der Waals surface area contributed by atoms with Crippen LogP contribution in [0, 0.1) is 6.92 Å². The molecule has 1 aliphatic heterocycles. The second-order valence-corrected chi connectivity index (χ2v) is 5.25. The topological polar surface area (TPSA) is 49.2 Å². The van der Waals surface area contributed by atoms with E-state index in [2.05, 4.69) is 14.9 Å². The largest absolute Gasteiger partial charge is 0.508 e. The van der Waals surface area contributed by atoms with Gasteiger partial charge < -0.3 is 10.0 Å². The molecule has 0 radical (unpaired) electrons. The van der Waals surface area contributed by atoms with Crippen LogP contribution >= 0.6 is 0 Å². The molecule has 4 nitrogen and oxygen atoms in total. The molecule has 1 aliphatic rings. The maximum Gasteiger partial charge on any atom is 0.139 e. The van der Waals surface area contributed by atoms with E-state index in [1.165, 1.54) is 25.7 Å². The van der Waals surface area contributed by atoms with Gasteiger partial charge in [-0.3, -0.25) is 0 Å². The van der Waals surface area contributed by atoms with Gasteiger partial charge in [-0.25, -0.2) is 9.97 Å². The standard InChI is InChI=1S/C15H19N3O/c1-11-8-12-13(9-14(11)19)16-10-17-15(12)18-6-4-2-3-5-7-18/h8-10,19H,2-7H2,1H3. The van der Waals surface area contributed by atoms with Gasteiger partial charge in [0.2, 0.25) is 0 Å². The van der Waals surface area contributed by atoms with Crippen molar-refractivity contribution in [3.63, 3.8) is 0 Å². The average Bonchev–Trinajstić information content (AvgIpc) is 2.68. The number of hydrogen-bond donors (Lipinski definition) is 1. The number of hydrogen-bond acceptors (Lipinski definition) is 4. The van der Waals surface area contributed by atoms with Crippen LogP contribution in [-0.2, 0) is 0 Å². The molecule has 0 amide bonds. The number of fused-ring (bicyclic) bond motifs is 1. The minimum absolute atomic E-state index is 0.299. The summed E-state index contributed by atoms with van der Waals surface area (Å²) < 4.78 is 0. The molecule has 100 valence electrons. The molecule has 0 aliphatic carbocycles. The lowest BCUT2D eigenvalue weighted by Gasteiger charge is -2.22. The van der Waals surface area contributed by atoms with Gasteiger partial charge in [0.1, 0.15) is 17.9 Å². The quantitative estimate of drug-likeness (QED) is 0.853. The van der Waals surface area contributed by atoms with Crippen molar-refractivity contribution in [2.24, 2.45) is 0 Å². The molecule has 0 spiro atoms. The SMILES string of the molecule is Cc1cc2c(N3CCCCCC3)ncnc2cc1O. The van der Waals surface area contributed by atoms with Crippen molar-refractivity contribution in [2.75, 3.05) is 18.0 Å². The Morgan fingerprint density at radius 3 is 2.53 bits per heavy atom. The lowest BCUT2D eigenvalue weighted by atomic mass is 10.1. The van der Waals surface area contributed by atoms with Gasteiger partial charge in [0.25, 0.3) is 0 Å². The molecule has 1 N–H and O–H groups in total. The normalized spacial score (nSPS) is 16.6. The molecule has 1 aromatic heterocycles. The van der Waals surface area contributed by atoms with Gasteiger partial charge in [-0.15, -0.1) is 0 Å². The van der Waals surface area contributed by atoms with E-state index in [1.807, 2.05) is 13.0 Å². The van der Waals surface area contributed by atoms with Gasteiger partial charge in [-0.1, -0.05) is 12.8 Å². The number of benzene rings is 1. The fourth-order valence-corrected chi connectivity index (χ4v) is 2.72. The Morgan fingerprint density at radius 2 is 1.79 bits per heavy atom. The summed E-state index contributed by atoms with van der Waals surface area (Å²) in [5.74, 6) is 1.31. The minimum atomic E-state index is 0.299. The number of rotatable bonds is 1. The van der Waals surface area contributed by atoms with E-state index >= 15 is 0 Å². The molecule has 2 heterocycles.